The van der Waals surface area contributed by atoms with Gasteiger partial charge in [-0.15, -0.1) is 0 Å². The normalized spacial score (nSPS) is 11.2. The van der Waals surface area contributed by atoms with Gasteiger partial charge in [-0.1, -0.05) is 6.07 Å². The third-order valence-corrected chi connectivity index (χ3v) is 4.45. The van der Waals surface area contributed by atoms with E-state index >= 15 is 0 Å². The van der Waals surface area contributed by atoms with E-state index in [4.69, 9.17) is 10.5 Å². The van der Waals surface area contributed by atoms with E-state index in [-0.39, 0.29) is 16.3 Å². The van der Waals surface area contributed by atoms with Gasteiger partial charge in [0.05, 0.1) is 23.4 Å². The number of rotatable bonds is 4. The molecule has 21 heavy (non-hydrogen) atoms. The van der Waals surface area contributed by atoms with Crippen LogP contribution in [0.5, 0.6) is 5.75 Å². The van der Waals surface area contributed by atoms with Crippen molar-refractivity contribution in [3.8, 4) is 5.75 Å². The molecule has 0 aliphatic rings. The third-order valence-electron chi connectivity index (χ3n) is 2.94. The van der Waals surface area contributed by atoms with Crippen molar-refractivity contribution < 1.29 is 17.5 Å². The minimum absolute atomic E-state index is 0.127. The van der Waals surface area contributed by atoms with Gasteiger partial charge in [0.15, 0.2) is 0 Å². The number of sulfonamides is 1. The summed E-state index contributed by atoms with van der Waals surface area (Å²) >= 11 is 0. The number of ether oxygens (including phenoxy) is 1. The smallest absolute Gasteiger partial charge is 0.262 e. The molecule has 0 unspecified atom stereocenters. The molecule has 2 rings (SSSR count). The summed E-state index contributed by atoms with van der Waals surface area (Å²) in [4.78, 5) is -0.127. The summed E-state index contributed by atoms with van der Waals surface area (Å²) in [6.07, 6.45) is 0. The molecule has 5 nitrogen and oxygen atoms in total. The van der Waals surface area contributed by atoms with Crippen molar-refractivity contribution in [3.63, 3.8) is 0 Å². The fraction of sp³-hybridized carbons (Fsp3) is 0.143. The molecule has 0 saturated heterocycles. The fourth-order valence-electron chi connectivity index (χ4n) is 1.82. The molecule has 0 saturated carbocycles. The van der Waals surface area contributed by atoms with E-state index in [2.05, 4.69) is 4.72 Å². The van der Waals surface area contributed by atoms with Gasteiger partial charge in [-0.2, -0.15) is 0 Å². The van der Waals surface area contributed by atoms with Crippen LogP contribution in [0.15, 0.2) is 41.3 Å². The molecule has 0 bridgehead atoms. The van der Waals surface area contributed by atoms with E-state index in [1.807, 2.05) is 0 Å². The number of aryl methyl sites for hydroxylation is 1. The number of anilines is 2. The summed E-state index contributed by atoms with van der Waals surface area (Å²) < 4.78 is 45.2. The van der Waals surface area contributed by atoms with Crippen LogP contribution in [0.3, 0.4) is 0 Å². The van der Waals surface area contributed by atoms with E-state index in [1.165, 1.54) is 31.4 Å². The molecule has 0 aliphatic heterocycles. The highest BCUT2D eigenvalue weighted by Gasteiger charge is 2.19. The number of nitrogen functional groups attached to an aromatic ring is 1. The van der Waals surface area contributed by atoms with Gasteiger partial charge in [-0.05, 0) is 36.8 Å². The number of benzene rings is 2. The Hall–Kier alpha value is -2.28. The molecule has 2 aromatic rings. The first-order valence-corrected chi connectivity index (χ1v) is 7.54. The number of nitrogens with one attached hydrogen (secondary N) is 1. The minimum atomic E-state index is -3.92. The van der Waals surface area contributed by atoms with Crippen LogP contribution in [0.1, 0.15) is 5.56 Å². The van der Waals surface area contributed by atoms with Gasteiger partial charge in [0, 0.05) is 6.07 Å². The Balaban J connectivity index is 2.40. The first kappa shape index (κ1) is 15.1. The van der Waals surface area contributed by atoms with Crippen molar-refractivity contribution in [2.75, 3.05) is 17.6 Å². The summed E-state index contributed by atoms with van der Waals surface area (Å²) in [6.45, 7) is 1.59. The Bertz CT molecular complexity index is 776. The van der Waals surface area contributed by atoms with E-state index < -0.39 is 15.8 Å². The molecule has 0 aromatic heterocycles. The first-order valence-electron chi connectivity index (χ1n) is 6.06. The first-order chi connectivity index (χ1) is 9.83. The Morgan fingerprint density at radius 2 is 1.90 bits per heavy atom. The standard InChI is InChI=1S/C14H15FN2O3S/c1-9-3-4-10(15)7-14(9)21(18,19)17-13-6-5-11(20-2)8-12(13)16/h3-8,17H,16H2,1-2H3. The molecule has 3 N–H and O–H groups in total. The fourth-order valence-corrected chi connectivity index (χ4v) is 3.17. The summed E-state index contributed by atoms with van der Waals surface area (Å²) in [5, 5.41) is 0. The Kier molecular flexibility index (Phi) is 4.04. The van der Waals surface area contributed by atoms with Gasteiger partial charge < -0.3 is 10.5 Å². The Labute approximate surface area is 122 Å². The predicted molar refractivity (Wildman–Crippen MR) is 79.4 cm³/mol. The van der Waals surface area contributed by atoms with Crippen molar-refractivity contribution in [1.29, 1.82) is 0 Å². The van der Waals surface area contributed by atoms with Crippen molar-refractivity contribution >= 4 is 21.4 Å². The van der Waals surface area contributed by atoms with Crippen LogP contribution in [0.25, 0.3) is 0 Å². The van der Waals surface area contributed by atoms with Gasteiger partial charge in [0.2, 0.25) is 0 Å². The van der Waals surface area contributed by atoms with E-state index in [1.54, 1.807) is 13.0 Å². The highest BCUT2D eigenvalue weighted by Crippen LogP contribution is 2.27. The highest BCUT2D eigenvalue weighted by atomic mass is 32.2. The number of methoxy groups -OCH3 is 1. The summed E-state index contributed by atoms with van der Waals surface area (Å²) in [5.74, 6) is -0.110. The zero-order valence-corrected chi connectivity index (χ0v) is 12.4. The molecule has 0 atom stereocenters. The summed E-state index contributed by atoms with van der Waals surface area (Å²) in [7, 11) is -2.44. The second-order valence-electron chi connectivity index (χ2n) is 4.47. The molecule has 112 valence electrons. The lowest BCUT2D eigenvalue weighted by Gasteiger charge is -2.13. The number of hydrogen-bond acceptors (Lipinski definition) is 4. The second-order valence-corrected chi connectivity index (χ2v) is 6.12. The van der Waals surface area contributed by atoms with Crippen LogP contribution >= 0.6 is 0 Å². The molecule has 0 aliphatic carbocycles. The molecular formula is C14H15FN2O3S. The van der Waals surface area contributed by atoms with Gasteiger partial charge in [-0.3, -0.25) is 4.72 Å². The quantitative estimate of drug-likeness (QED) is 0.850. The second kappa shape index (κ2) is 5.61. The minimum Gasteiger partial charge on any atom is -0.497 e. The predicted octanol–water partition coefficient (Wildman–Crippen LogP) is 2.53. The van der Waals surface area contributed by atoms with Gasteiger partial charge >= 0.3 is 0 Å². The van der Waals surface area contributed by atoms with Gasteiger partial charge in [0.1, 0.15) is 11.6 Å². The van der Waals surface area contributed by atoms with Crippen molar-refractivity contribution in [2.24, 2.45) is 0 Å². The van der Waals surface area contributed by atoms with Gasteiger partial charge in [-0.25, -0.2) is 12.8 Å². The Morgan fingerprint density at radius 1 is 1.19 bits per heavy atom. The van der Waals surface area contributed by atoms with Crippen LogP contribution in [-0.4, -0.2) is 15.5 Å². The van der Waals surface area contributed by atoms with Crippen LogP contribution in [0.4, 0.5) is 15.8 Å². The van der Waals surface area contributed by atoms with E-state index in [9.17, 15) is 12.8 Å². The zero-order chi connectivity index (χ0) is 15.6. The number of hydrogen-bond donors (Lipinski definition) is 2. The van der Waals surface area contributed by atoms with E-state index in [0.717, 1.165) is 6.07 Å². The van der Waals surface area contributed by atoms with Crippen LogP contribution in [0.2, 0.25) is 0 Å². The molecule has 7 heteroatoms. The van der Waals surface area contributed by atoms with Crippen molar-refractivity contribution in [1.82, 2.24) is 0 Å². The average molecular weight is 310 g/mol. The van der Waals surface area contributed by atoms with Crippen molar-refractivity contribution in [3.05, 3.63) is 47.8 Å². The highest BCUT2D eigenvalue weighted by molar-refractivity contribution is 7.92. The van der Waals surface area contributed by atoms with Crippen LogP contribution < -0.4 is 15.2 Å². The third kappa shape index (κ3) is 3.25. The van der Waals surface area contributed by atoms with Crippen LogP contribution in [-0.2, 0) is 10.0 Å². The molecule has 0 amide bonds. The van der Waals surface area contributed by atoms with Crippen molar-refractivity contribution in [2.45, 2.75) is 11.8 Å². The summed E-state index contributed by atoms with van der Waals surface area (Å²) in [6, 6.07) is 8.14. The number of nitrogens with two attached hydrogens (primary N) is 1. The molecule has 0 radical (unpaired) electrons. The summed E-state index contributed by atoms with van der Waals surface area (Å²) in [5.41, 5.74) is 6.63. The molecule has 0 fully saturated rings. The Morgan fingerprint density at radius 3 is 2.52 bits per heavy atom. The average Bonchev–Trinajstić information content (AvgIpc) is 2.43. The zero-order valence-electron chi connectivity index (χ0n) is 11.6. The molecule has 0 spiro atoms. The maximum Gasteiger partial charge on any atom is 0.262 e. The largest absolute Gasteiger partial charge is 0.497 e. The number of halogens is 1. The monoisotopic (exact) mass is 310 g/mol. The lowest BCUT2D eigenvalue weighted by Crippen LogP contribution is -2.15. The van der Waals surface area contributed by atoms with Gasteiger partial charge in [0.25, 0.3) is 10.0 Å². The molecular weight excluding hydrogens is 295 g/mol. The molecule has 0 heterocycles. The maximum absolute atomic E-state index is 13.3. The SMILES string of the molecule is COc1ccc(NS(=O)(=O)c2cc(F)ccc2C)c(N)c1. The van der Waals surface area contributed by atoms with E-state index in [0.29, 0.717) is 11.3 Å². The maximum atomic E-state index is 13.3. The molecule has 2 aromatic carbocycles. The lowest BCUT2D eigenvalue weighted by atomic mass is 10.2. The lowest BCUT2D eigenvalue weighted by molar-refractivity contribution is 0.415. The topological polar surface area (TPSA) is 81.4 Å². The van der Waals surface area contributed by atoms with Crippen LogP contribution in [0, 0.1) is 12.7 Å².